The number of carbonyl (C=O) groups is 1. The number of hydrogen-bond acceptors (Lipinski definition) is 7. The first-order valence-electron chi connectivity index (χ1n) is 13.7. The van der Waals surface area contributed by atoms with Crippen molar-refractivity contribution < 1.29 is 24.1 Å². The maximum absolute atomic E-state index is 13.8. The second-order valence-electron chi connectivity index (χ2n) is 9.97. The van der Waals surface area contributed by atoms with E-state index in [1.807, 2.05) is 32.0 Å². The zero-order chi connectivity index (χ0) is 30.6. The second kappa shape index (κ2) is 13.1. The lowest BCUT2D eigenvalue weighted by molar-refractivity contribution is -0.144. The Bertz CT molecular complexity index is 1710. The predicted octanol–water partition coefficient (Wildman–Crippen LogP) is 6.68. The molecule has 10 heteroatoms. The van der Waals surface area contributed by atoms with Gasteiger partial charge in [0, 0.05) is 5.56 Å². The fourth-order valence-electron chi connectivity index (χ4n) is 4.47. The number of carboxylic acids is 1. The zero-order valence-electron chi connectivity index (χ0n) is 24.5. The maximum atomic E-state index is 13.8. The third-order valence-corrected chi connectivity index (χ3v) is 6.85. The van der Waals surface area contributed by atoms with E-state index in [9.17, 15) is 14.7 Å². The van der Waals surface area contributed by atoms with Crippen molar-refractivity contribution in [2.24, 2.45) is 5.10 Å². The smallest absolute Gasteiger partial charge is 0.344 e. The Balaban J connectivity index is 1.90. The minimum atomic E-state index is -1.14. The highest BCUT2D eigenvalue weighted by Gasteiger charge is 2.21. The molecule has 0 saturated carbocycles. The molecule has 42 heavy (non-hydrogen) atoms. The largest absolute Gasteiger partial charge is 0.494 e. The Morgan fingerprint density at radius 2 is 1.76 bits per heavy atom. The first-order chi connectivity index (χ1) is 20.0. The Labute approximate surface area is 249 Å². The molecule has 9 nitrogen and oxygen atoms in total. The molecule has 0 unspecified atom stereocenters. The fraction of sp³-hybridized carbons (Fsp3) is 0.312. The van der Waals surface area contributed by atoms with Gasteiger partial charge in [-0.05, 0) is 86.7 Å². The van der Waals surface area contributed by atoms with Crippen molar-refractivity contribution in [3.05, 3.63) is 80.6 Å². The van der Waals surface area contributed by atoms with E-state index in [-0.39, 0.29) is 28.0 Å². The molecule has 0 fully saturated rings. The summed E-state index contributed by atoms with van der Waals surface area (Å²) in [7, 11) is 0. The lowest BCUT2D eigenvalue weighted by atomic mass is 9.96. The fourth-order valence-corrected chi connectivity index (χ4v) is 4.73. The molecule has 4 rings (SSSR count). The van der Waals surface area contributed by atoms with Gasteiger partial charge >= 0.3 is 5.97 Å². The normalized spacial score (nSPS) is 12.2. The average Bonchev–Trinajstić information content (AvgIpc) is 2.94. The number of carboxylic acid groups (broad SMARTS) is 1. The van der Waals surface area contributed by atoms with Gasteiger partial charge < -0.3 is 19.3 Å². The average molecular weight is 592 g/mol. The van der Waals surface area contributed by atoms with E-state index in [1.54, 1.807) is 37.3 Å². The molecule has 1 atom stereocenters. The summed E-state index contributed by atoms with van der Waals surface area (Å²) in [5.74, 6) is 0.571. The van der Waals surface area contributed by atoms with Gasteiger partial charge in [0.25, 0.3) is 5.56 Å². The SMILES string of the molecule is CCOc1cc(C)c(-c2nc3ccccc3c(=O)n2N=Cc2cc(Cl)c(O[C@H](C)C(=O)O)c(OCC)c2)cc1C(C)C. The van der Waals surface area contributed by atoms with E-state index >= 15 is 0 Å². The van der Waals surface area contributed by atoms with Crippen LogP contribution in [0.15, 0.2) is 58.4 Å². The van der Waals surface area contributed by atoms with Gasteiger partial charge in [-0.1, -0.05) is 37.6 Å². The molecule has 1 N–H and O–H groups in total. The summed E-state index contributed by atoms with van der Waals surface area (Å²) in [5.41, 5.74) is 3.36. The van der Waals surface area contributed by atoms with Crippen LogP contribution in [0.2, 0.25) is 5.02 Å². The van der Waals surface area contributed by atoms with Gasteiger partial charge in [0.2, 0.25) is 0 Å². The van der Waals surface area contributed by atoms with E-state index in [0.717, 1.165) is 22.4 Å². The second-order valence-corrected chi connectivity index (χ2v) is 10.4. The molecular formula is C32H34ClN3O6. The molecule has 0 radical (unpaired) electrons. The monoisotopic (exact) mass is 591 g/mol. The van der Waals surface area contributed by atoms with Gasteiger partial charge in [0.1, 0.15) is 5.75 Å². The van der Waals surface area contributed by atoms with Gasteiger partial charge in [-0.15, -0.1) is 0 Å². The Morgan fingerprint density at radius 1 is 1.07 bits per heavy atom. The third kappa shape index (κ3) is 6.41. The highest BCUT2D eigenvalue weighted by atomic mass is 35.5. The quantitative estimate of drug-likeness (QED) is 0.194. The molecule has 0 aliphatic rings. The summed E-state index contributed by atoms with van der Waals surface area (Å²) in [4.78, 5) is 30.0. The molecule has 0 aliphatic heterocycles. The van der Waals surface area contributed by atoms with Gasteiger partial charge in [0.05, 0.1) is 35.4 Å². The third-order valence-electron chi connectivity index (χ3n) is 6.57. The van der Waals surface area contributed by atoms with Gasteiger partial charge in [-0.25, -0.2) is 9.78 Å². The lowest BCUT2D eigenvalue weighted by Crippen LogP contribution is -2.23. The van der Waals surface area contributed by atoms with E-state index in [2.05, 4.69) is 18.9 Å². The van der Waals surface area contributed by atoms with Crippen LogP contribution in [-0.2, 0) is 4.79 Å². The topological polar surface area (TPSA) is 112 Å². The summed E-state index contributed by atoms with van der Waals surface area (Å²) < 4.78 is 18.4. The first kappa shape index (κ1) is 30.6. The molecule has 0 aliphatic carbocycles. The minimum Gasteiger partial charge on any atom is -0.494 e. The highest BCUT2D eigenvalue weighted by Crippen LogP contribution is 2.37. The van der Waals surface area contributed by atoms with Crippen molar-refractivity contribution in [2.75, 3.05) is 13.2 Å². The van der Waals surface area contributed by atoms with Gasteiger partial charge in [0.15, 0.2) is 23.4 Å². The molecule has 1 aromatic heterocycles. The van der Waals surface area contributed by atoms with Crippen LogP contribution in [0.4, 0.5) is 0 Å². The van der Waals surface area contributed by atoms with Crippen LogP contribution in [-0.4, -0.2) is 46.3 Å². The number of ether oxygens (including phenoxy) is 3. The van der Waals surface area contributed by atoms with Crippen molar-refractivity contribution in [1.29, 1.82) is 0 Å². The van der Waals surface area contributed by atoms with Crippen molar-refractivity contribution in [1.82, 2.24) is 9.66 Å². The molecule has 3 aromatic carbocycles. The molecule has 0 saturated heterocycles. The number of halogens is 1. The van der Waals surface area contributed by atoms with Gasteiger partial charge in [-0.2, -0.15) is 9.78 Å². The number of aromatic nitrogens is 2. The number of fused-ring (bicyclic) bond motifs is 1. The van der Waals surface area contributed by atoms with Crippen LogP contribution in [0.5, 0.6) is 17.2 Å². The number of aryl methyl sites for hydroxylation is 1. The summed E-state index contributed by atoms with van der Waals surface area (Å²) in [6, 6.07) is 14.3. The molecule has 0 spiro atoms. The number of hydrogen-bond donors (Lipinski definition) is 1. The summed E-state index contributed by atoms with van der Waals surface area (Å²) in [6.07, 6.45) is 0.340. The summed E-state index contributed by atoms with van der Waals surface area (Å²) in [5, 5.41) is 14.4. The van der Waals surface area contributed by atoms with Crippen molar-refractivity contribution in [3.8, 4) is 28.6 Å². The number of para-hydroxylation sites is 1. The maximum Gasteiger partial charge on any atom is 0.344 e. The van der Waals surface area contributed by atoms with Crippen LogP contribution in [0.3, 0.4) is 0 Å². The molecule has 1 heterocycles. The Hall–Kier alpha value is -4.37. The molecule has 4 aromatic rings. The molecular weight excluding hydrogens is 558 g/mol. The summed E-state index contributed by atoms with van der Waals surface area (Å²) in [6.45, 7) is 12.1. The minimum absolute atomic E-state index is 0.113. The zero-order valence-corrected chi connectivity index (χ0v) is 25.2. The number of rotatable bonds is 11. The lowest BCUT2D eigenvalue weighted by Gasteiger charge is -2.18. The number of benzene rings is 3. The van der Waals surface area contributed by atoms with Crippen LogP contribution in [0.25, 0.3) is 22.3 Å². The van der Waals surface area contributed by atoms with E-state index in [4.69, 9.17) is 30.8 Å². The van der Waals surface area contributed by atoms with Crippen LogP contribution in [0, 0.1) is 6.92 Å². The summed E-state index contributed by atoms with van der Waals surface area (Å²) >= 11 is 6.49. The van der Waals surface area contributed by atoms with Crippen molar-refractivity contribution in [3.63, 3.8) is 0 Å². The molecule has 220 valence electrons. The van der Waals surface area contributed by atoms with Crippen molar-refractivity contribution in [2.45, 2.75) is 53.6 Å². The first-order valence-corrected chi connectivity index (χ1v) is 14.1. The standard InChI is InChI=1S/C32H34ClN3O6/c1-7-40-27-13-19(5)24(16-23(27)18(3)4)30-35-26-12-10-9-11-22(26)31(37)36(30)34-17-21-14-25(33)29(28(15-21)41-8-2)42-20(6)32(38)39/h9-18,20H,7-8H2,1-6H3,(H,38,39)/t20-/m1/s1. The van der Waals surface area contributed by atoms with E-state index in [0.29, 0.717) is 35.5 Å². The highest BCUT2D eigenvalue weighted by molar-refractivity contribution is 6.32. The van der Waals surface area contributed by atoms with Crippen LogP contribution in [0.1, 0.15) is 57.2 Å². The Morgan fingerprint density at radius 3 is 2.43 bits per heavy atom. The number of aliphatic carboxylic acids is 1. The molecule has 0 bridgehead atoms. The van der Waals surface area contributed by atoms with Crippen LogP contribution >= 0.6 is 11.6 Å². The van der Waals surface area contributed by atoms with E-state index in [1.165, 1.54) is 17.8 Å². The number of nitrogens with zero attached hydrogens (tertiary/aromatic N) is 3. The van der Waals surface area contributed by atoms with E-state index < -0.39 is 12.1 Å². The Kier molecular flexibility index (Phi) is 9.52. The van der Waals surface area contributed by atoms with Crippen molar-refractivity contribution >= 4 is 34.7 Å². The van der Waals surface area contributed by atoms with Gasteiger partial charge in [-0.3, -0.25) is 4.79 Å². The predicted molar refractivity (Wildman–Crippen MR) is 165 cm³/mol. The molecule has 0 amide bonds. The van der Waals surface area contributed by atoms with Crippen LogP contribution < -0.4 is 19.8 Å².